The summed E-state index contributed by atoms with van der Waals surface area (Å²) in [4.78, 5) is 17.9. The third-order valence-electron chi connectivity index (χ3n) is 3.75. The van der Waals surface area contributed by atoms with Crippen LogP contribution in [-0.2, 0) is 24.7 Å². The molecule has 1 aromatic carbocycles. The number of thiazole rings is 1. The molecule has 7 nitrogen and oxygen atoms in total. The standard InChI is InChI=1S/C15H14N6OS2/c1-21-15(18-19-20-21)23-8-12(22)17-14-16-11-7-6-9-4-2-3-5-10(9)13(11)24-14/h2-5H,6-8H2,1H3,(H,16,17,22). The van der Waals surface area contributed by atoms with Gasteiger partial charge in [0.05, 0.1) is 16.3 Å². The third kappa shape index (κ3) is 2.92. The fourth-order valence-corrected chi connectivity index (χ4v) is 4.37. The van der Waals surface area contributed by atoms with Gasteiger partial charge in [0.2, 0.25) is 11.1 Å². The number of thioether (sulfide) groups is 1. The van der Waals surface area contributed by atoms with Gasteiger partial charge < -0.3 is 5.32 Å². The van der Waals surface area contributed by atoms with Crippen molar-refractivity contribution in [1.29, 1.82) is 0 Å². The van der Waals surface area contributed by atoms with Gasteiger partial charge in [0.1, 0.15) is 0 Å². The number of anilines is 1. The quantitative estimate of drug-likeness (QED) is 0.720. The molecule has 0 aliphatic heterocycles. The zero-order valence-corrected chi connectivity index (χ0v) is 14.5. The second-order valence-electron chi connectivity index (χ2n) is 5.37. The molecule has 0 spiro atoms. The van der Waals surface area contributed by atoms with E-state index in [9.17, 15) is 4.79 Å². The monoisotopic (exact) mass is 358 g/mol. The van der Waals surface area contributed by atoms with Crippen molar-refractivity contribution in [2.45, 2.75) is 18.0 Å². The summed E-state index contributed by atoms with van der Waals surface area (Å²) in [5, 5.41) is 15.3. The molecule has 4 rings (SSSR count). The van der Waals surface area contributed by atoms with E-state index in [1.54, 1.807) is 7.05 Å². The first-order chi connectivity index (χ1) is 11.7. The Hall–Kier alpha value is -2.26. The summed E-state index contributed by atoms with van der Waals surface area (Å²) in [7, 11) is 1.74. The number of aryl methyl sites for hydroxylation is 3. The van der Waals surface area contributed by atoms with Crippen molar-refractivity contribution < 1.29 is 4.79 Å². The average Bonchev–Trinajstić information content (AvgIpc) is 3.18. The van der Waals surface area contributed by atoms with Crippen LogP contribution in [0, 0.1) is 0 Å². The summed E-state index contributed by atoms with van der Waals surface area (Å²) in [5.41, 5.74) is 3.65. The fraction of sp³-hybridized carbons (Fsp3) is 0.267. The predicted octanol–water partition coefficient (Wildman–Crippen LogP) is 2.16. The van der Waals surface area contributed by atoms with Gasteiger partial charge >= 0.3 is 0 Å². The number of tetrazole rings is 1. The Morgan fingerprint density at radius 3 is 3.08 bits per heavy atom. The Balaban J connectivity index is 1.46. The Bertz CT molecular complexity index is 903. The van der Waals surface area contributed by atoms with E-state index in [0.29, 0.717) is 10.3 Å². The molecule has 0 bridgehead atoms. The smallest absolute Gasteiger partial charge is 0.236 e. The summed E-state index contributed by atoms with van der Waals surface area (Å²) in [6.07, 6.45) is 1.91. The van der Waals surface area contributed by atoms with E-state index in [2.05, 4.69) is 44.0 Å². The van der Waals surface area contributed by atoms with Crippen molar-refractivity contribution >= 4 is 34.1 Å². The molecule has 24 heavy (non-hydrogen) atoms. The molecular formula is C15H14N6OS2. The van der Waals surface area contributed by atoms with Crippen molar-refractivity contribution in [3.8, 4) is 10.4 Å². The van der Waals surface area contributed by atoms with Gasteiger partial charge in [0, 0.05) is 7.05 Å². The molecule has 0 fully saturated rings. The summed E-state index contributed by atoms with van der Waals surface area (Å²) in [6.45, 7) is 0. The highest BCUT2D eigenvalue weighted by atomic mass is 32.2. The van der Waals surface area contributed by atoms with E-state index in [0.717, 1.165) is 23.4 Å². The second-order valence-corrected chi connectivity index (χ2v) is 7.32. The highest BCUT2D eigenvalue weighted by Crippen LogP contribution is 2.39. The number of hydrogen-bond donors (Lipinski definition) is 1. The van der Waals surface area contributed by atoms with Crippen molar-refractivity contribution in [2.75, 3.05) is 11.1 Å². The van der Waals surface area contributed by atoms with Crippen molar-refractivity contribution in [3.05, 3.63) is 35.5 Å². The van der Waals surface area contributed by atoms with Gasteiger partial charge in [-0.1, -0.05) is 47.4 Å². The molecule has 0 radical (unpaired) electrons. The van der Waals surface area contributed by atoms with Gasteiger partial charge in [-0.25, -0.2) is 9.67 Å². The number of fused-ring (bicyclic) bond motifs is 3. The Kier molecular flexibility index (Phi) is 4.03. The molecule has 1 aliphatic rings. The minimum atomic E-state index is -0.109. The lowest BCUT2D eigenvalue weighted by atomic mass is 9.94. The first-order valence-corrected chi connectivity index (χ1v) is 9.24. The molecule has 9 heteroatoms. The van der Waals surface area contributed by atoms with Gasteiger partial charge in [-0.3, -0.25) is 4.79 Å². The van der Waals surface area contributed by atoms with Gasteiger partial charge in [-0.15, -0.1) is 5.10 Å². The summed E-state index contributed by atoms with van der Waals surface area (Å²) in [6, 6.07) is 8.37. The number of nitrogens with zero attached hydrogens (tertiary/aromatic N) is 5. The first-order valence-electron chi connectivity index (χ1n) is 7.43. The molecule has 122 valence electrons. The lowest BCUT2D eigenvalue weighted by molar-refractivity contribution is -0.113. The SMILES string of the molecule is Cn1nnnc1SCC(=O)Nc1nc2c(s1)-c1ccccc1CC2. The number of nitrogens with one attached hydrogen (secondary N) is 1. The maximum atomic E-state index is 12.1. The van der Waals surface area contributed by atoms with Crippen LogP contribution in [0.15, 0.2) is 29.4 Å². The summed E-state index contributed by atoms with van der Waals surface area (Å²) < 4.78 is 1.54. The topological polar surface area (TPSA) is 85.6 Å². The van der Waals surface area contributed by atoms with Crippen LogP contribution in [0.2, 0.25) is 0 Å². The van der Waals surface area contributed by atoms with Crippen molar-refractivity contribution in [3.63, 3.8) is 0 Å². The molecule has 0 saturated carbocycles. The van der Waals surface area contributed by atoms with Crippen LogP contribution in [0.25, 0.3) is 10.4 Å². The number of aromatic nitrogens is 5. The number of hydrogen-bond acceptors (Lipinski definition) is 7. The van der Waals surface area contributed by atoms with Crippen molar-refractivity contribution in [1.82, 2.24) is 25.2 Å². The molecule has 0 atom stereocenters. The Morgan fingerprint density at radius 1 is 1.38 bits per heavy atom. The number of carbonyl (C=O) groups excluding carboxylic acids is 1. The van der Waals surface area contributed by atoms with Crippen LogP contribution < -0.4 is 5.32 Å². The average molecular weight is 358 g/mol. The minimum Gasteiger partial charge on any atom is -0.301 e. The zero-order valence-electron chi connectivity index (χ0n) is 12.9. The number of benzene rings is 1. The van der Waals surface area contributed by atoms with E-state index in [1.165, 1.54) is 38.9 Å². The molecule has 1 amide bonds. The van der Waals surface area contributed by atoms with Gasteiger partial charge in [0.25, 0.3) is 0 Å². The molecule has 2 heterocycles. The molecule has 0 saturated heterocycles. The largest absolute Gasteiger partial charge is 0.301 e. The molecule has 1 N–H and O–H groups in total. The number of amides is 1. The van der Waals surface area contributed by atoms with Crippen LogP contribution in [0.1, 0.15) is 11.3 Å². The highest BCUT2D eigenvalue weighted by molar-refractivity contribution is 7.99. The molecule has 2 aromatic heterocycles. The summed E-state index contributed by atoms with van der Waals surface area (Å²) >= 11 is 2.83. The molecule has 0 unspecified atom stereocenters. The zero-order chi connectivity index (χ0) is 16.5. The highest BCUT2D eigenvalue weighted by Gasteiger charge is 2.21. The molecular weight excluding hydrogens is 344 g/mol. The fourth-order valence-electron chi connectivity index (χ4n) is 2.63. The minimum absolute atomic E-state index is 0.109. The van der Waals surface area contributed by atoms with E-state index >= 15 is 0 Å². The third-order valence-corrected chi connectivity index (χ3v) is 5.81. The number of carbonyl (C=O) groups is 1. The summed E-state index contributed by atoms with van der Waals surface area (Å²) in [5.74, 6) is 0.136. The Morgan fingerprint density at radius 2 is 2.25 bits per heavy atom. The van der Waals surface area contributed by atoms with E-state index in [4.69, 9.17) is 0 Å². The number of rotatable bonds is 4. The van der Waals surface area contributed by atoms with E-state index in [1.807, 2.05) is 6.07 Å². The van der Waals surface area contributed by atoms with E-state index < -0.39 is 0 Å². The van der Waals surface area contributed by atoms with E-state index in [-0.39, 0.29) is 11.7 Å². The predicted molar refractivity (Wildman–Crippen MR) is 93.1 cm³/mol. The van der Waals surface area contributed by atoms with Crippen molar-refractivity contribution in [2.24, 2.45) is 7.05 Å². The molecule has 1 aliphatic carbocycles. The Labute approximate surface area is 146 Å². The maximum absolute atomic E-state index is 12.1. The van der Waals surface area contributed by atoms with Crippen LogP contribution in [0.5, 0.6) is 0 Å². The van der Waals surface area contributed by atoms with Crippen LogP contribution >= 0.6 is 23.1 Å². The maximum Gasteiger partial charge on any atom is 0.236 e. The van der Waals surface area contributed by atoms with Gasteiger partial charge in [-0.05, 0) is 34.4 Å². The van der Waals surface area contributed by atoms with Gasteiger partial charge in [0.15, 0.2) is 5.13 Å². The van der Waals surface area contributed by atoms with Crippen LogP contribution in [0.3, 0.4) is 0 Å². The van der Waals surface area contributed by atoms with Gasteiger partial charge in [-0.2, -0.15) is 0 Å². The molecule has 3 aromatic rings. The lowest BCUT2D eigenvalue weighted by Gasteiger charge is -2.13. The normalized spacial score (nSPS) is 12.5. The first kappa shape index (κ1) is 15.3. The second kappa shape index (κ2) is 6.33. The van der Waals surface area contributed by atoms with Crippen LogP contribution in [0.4, 0.5) is 5.13 Å². The lowest BCUT2D eigenvalue weighted by Crippen LogP contribution is -2.14. The van der Waals surface area contributed by atoms with Crippen LogP contribution in [-0.4, -0.2) is 36.9 Å².